The van der Waals surface area contributed by atoms with Crippen LogP contribution in [0.5, 0.6) is 5.75 Å². The maximum Gasteiger partial charge on any atom is 0.358 e. The van der Waals surface area contributed by atoms with Gasteiger partial charge in [-0.1, -0.05) is 12.1 Å². The van der Waals surface area contributed by atoms with Crippen LogP contribution in [-0.4, -0.2) is 43.8 Å². The fourth-order valence-electron chi connectivity index (χ4n) is 1.68. The lowest BCUT2D eigenvalue weighted by molar-refractivity contribution is 0.235. The van der Waals surface area contributed by atoms with Gasteiger partial charge in [-0.3, -0.25) is 14.0 Å². The molecule has 0 fully saturated rings. The molecule has 9 nitrogen and oxygen atoms in total. The first kappa shape index (κ1) is 18.3. The maximum absolute atomic E-state index is 11.4. The van der Waals surface area contributed by atoms with Gasteiger partial charge in [0.2, 0.25) is 0 Å². The number of aromatic hydroxyl groups is 1. The van der Waals surface area contributed by atoms with Crippen LogP contribution in [0.4, 0.5) is 0 Å². The largest absolute Gasteiger partial charge is 0.508 e. The lowest BCUT2D eigenvalue weighted by Crippen LogP contribution is -2.29. The minimum absolute atomic E-state index is 0.0993. The van der Waals surface area contributed by atoms with Crippen LogP contribution in [0.25, 0.3) is 0 Å². The Bertz CT molecular complexity index is 545. The van der Waals surface area contributed by atoms with Crippen LogP contribution in [0.3, 0.4) is 0 Å². The number of hydrogen-bond acceptors (Lipinski definition) is 6. The van der Waals surface area contributed by atoms with E-state index in [1.165, 1.54) is 12.1 Å². The maximum atomic E-state index is 11.4. The molecule has 6 N–H and O–H groups in total. The van der Waals surface area contributed by atoms with Gasteiger partial charge in [-0.05, 0) is 24.1 Å². The summed E-state index contributed by atoms with van der Waals surface area (Å²) in [4.78, 5) is 28.4. The molecule has 1 rings (SSSR count). The number of nitrogens with two attached hydrogens (primary N) is 1. The molecule has 0 aromatic heterocycles. The van der Waals surface area contributed by atoms with Crippen molar-refractivity contribution in [3.8, 4) is 5.75 Å². The van der Waals surface area contributed by atoms with Crippen molar-refractivity contribution in [3.63, 3.8) is 0 Å². The second-order valence-corrected chi connectivity index (χ2v) is 7.88. The van der Waals surface area contributed by atoms with Gasteiger partial charge in [-0.15, -0.1) is 0 Å². The van der Waals surface area contributed by atoms with Crippen LogP contribution < -0.4 is 5.90 Å². The molecule has 1 unspecified atom stereocenters. The molecular formula is C10H18N2O7P2. The minimum atomic E-state index is -4.39. The summed E-state index contributed by atoms with van der Waals surface area (Å²) in [6, 6.07) is 6.23. The third-order valence-corrected chi connectivity index (χ3v) is 4.44. The van der Waals surface area contributed by atoms with Crippen molar-refractivity contribution < 1.29 is 33.5 Å². The van der Waals surface area contributed by atoms with Crippen molar-refractivity contribution >= 4 is 15.2 Å². The molecular weight excluding hydrogens is 322 g/mol. The summed E-state index contributed by atoms with van der Waals surface area (Å²) in [6.45, 7) is 0.115. The molecule has 0 amide bonds. The monoisotopic (exact) mass is 340 g/mol. The second kappa shape index (κ2) is 7.49. The molecule has 0 saturated heterocycles. The quantitative estimate of drug-likeness (QED) is 0.334. The first-order valence-electron chi connectivity index (χ1n) is 5.86. The Hall–Kier alpha value is -0.760. The van der Waals surface area contributed by atoms with Gasteiger partial charge in [0.05, 0.1) is 0 Å². The van der Waals surface area contributed by atoms with E-state index in [0.717, 1.165) is 10.5 Å². The number of rotatable bonds is 8. The number of phenols is 1. The lowest BCUT2D eigenvalue weighted by Gasteiger charge is -2.23. The zero-order valence-corrected chi connectivity index (χ0v) is 12.9. The third kappa shape index (κ3) is 7.71. The Morgan fingerprint density at radius 1 is 1.10 bits per heavy atom. The number of nitrogens with zero attached hydrogens (tertiary/aromatic N) is 1. The van der Waals surface area contributed by atoms with Gasteiger partial charge in [0.15, 0.2) is 0 Å². The Labute approximate surface area is 121 Å². The topological polar surface area (TPSA) is 154 Å². The molecule has 0 bridgehead atoms. The predicted molar refractivity (Wildman–Crippen MR) is 75.4 cm³/mol. The van der Waals surface area contributed by atoms with E-state index in [1.54, 1.807) is 12.1 Å². The van der Waals surface area contributed by atoms with Crippen LogP contribution in [0.2, 0.25) is 0 Å². The molecule has 21 heavy (non-hydrogen) atoms. The van der Waals surface area contributed by atoms with Gasteiger partial charge in [0.1, 0.15) is 18.3 Å². The standard InChI is InChI=1S/C10H18N2O7P2/c11-19-21(17,18)8-12(7-20(14,15)16)6-5-9-1-3-10(13)4-2-9/h1-4,13H,5-8,11H2,(H,17,18)(H2,14,15,16). The van der Waals surface area contributed by atoms with Crippen molar-refractivity contribution in [2.45, 2.75) is 6.42 Å². The molecule has 120 valence electrons. The van der Waals surface area contributed by atoms with E-state index in [9.17, 15) is 14.0 Å². The van der Waals surface area contributed by atoms with Crippen LogP contribution in [0.1, 0.15) is 5.56 Å². The van der Waals surface area contributed by atoms with Gasteiger partial charge in [-0.25, -0.2) is 10.5 Å². The average Bonchev–Trinajstić information content (AvgIpc) is 2.35. The van der Waals surface area contributed by atoms with E-state index in [2.05, 4.69) is 10.5 Å². The van der Waals surface area contributed by atoms with E-state index in [-0.39, 0.29) is 12.3 Å². The smallest absolute Gasteiger partial charge is 0.358 e. The Balaban J connectivity index is 2.70. The van der Waals surface area contributed by atoms with Crippen LogP contribution >= 0.6 is 15.2 Å². The van der Waals surface area contributed by atoms with E-state index in [4.69, 9.17) is 14.9 Å². The summed E-state index contributed by atoms with van der Waals surface area (Å²) in [5.74, 6) is 4.78. The molecule has 0 saturated carbocycles. The number of phenolic OH excluding ortho intramolecular Hbond substituents is 1. The predicted octanol–water partition coefficient (Wildman–Crippen LogP) is 0.405. The molecule has 1 aromatic rings. The molecule has 0 aliphatic rings. The van der Waals surface area contributed by atoms with Crippen LogP contribution in [0, 0.1) is 0 Å². The highest BCUT2D eigenvalue weighted by atomic mass is 31.2. The van der Waals surface area contributed by atoms with E-state index in [0.29, 0.717) is 6.42 Å². The third-order valence-electron chi connectivity index (χ3n) is 2.58. The van der Waals surface area contributed by atoms with E-state index < -0.39 is 27.8 Å². The van der Waals surface area contributed by atoms with Gasteiger partial charge < -0.3 is 19.8 Å². The van der Waals surface area contributed by atoms with Gasteiger partial charge in [0, 0.05) is 6.54 Å². The Morgan fingerprint density at radius 2 is 1.67 bits per heavy atom. The van der Waals surface area contributed by atoms with E-state index >= 15 is 0 Å². The molecule has 1 atom stereocenters. The SMILES string of the molecule is NOP(=O)(O)CN(CCc1ccc(O)cc1)CP(=O)(O)O. The molecule has 1 aromatic carbocycles. The van der Waals surface area contributed by atoms with Crippen molar-refractivity contribution in [1.82, 2.24) is 4.90 Å². The molecule has 0 aliphatic heterocycles. The highest BCUT2D eigenvalue weighted by Crippen LogP contribution is 2.43. The van der Waals surface area contributed by atoms with Crippen molar-refractivity contribution in [1.29, 1.82) is 0 Å². The summed E-state index contributed by atoms with van der Waals surface area (Å²) >= 11 is 0. The van der Waals surface area contributed by atoms with Gasteiger partial charge in [-0.2, -0.15) is 0 Å². The summed E-state index contributed by atoms with van der Waals surface area (Å²) in [7, 11) is -8.51. The summed E-state index contributed by atoms with van der Waals surface area (Å²) in [5, 5.41) is 9.16. The lowest BCUT2D eigenvalue weighted by atomic mass is 10.1. The fraction of sp³-hybridized carbons (Fsp3) is 0.400. The van der Waals surface area contributed by atoms with E-state index in [1.807, 2.05) is 0 Å². The van der Waals surface area contributed by atoms with Gasteiger partial charge in [0.25, 0.3) is 0 Å². The molecule has 11 heteroatoms. The number of benzene rings is 1. The van der Waals surface area contributed by atoms with Crippen molar-refractivity contribution in [2.75, 3.05) is 19.1 Å². The van der Waals surface area contributed by atoms with Crippen LogP contribution in [-0.2, 0) is 20.2 Å². The highest BCUT2D eigenvalue weighted by molar-refractivity contribution is 7.53. The molecule has 0 heterocycles. The van der Waals surface area contributed by atoms with Crippen molar-refractivity contribution in [3.05, 3.63) is 29.8 Å². The second-order valence-electron chi connectivity index (χ2n) is 4.50. The normalized spacial score (nSPS) is 15.1. The summed E-state index contributed by atoms with van der Waals surface area (Å²) in [5.41, 5.74) is 0.796. The molecule has 0 aliphatic carbocycles. The van der Waals surface area contributed by atoms with Crippen molar-refractivity contribution in [2.24, 2.45) is 5.90 Å². The first-order valence-corrected chi connectivity index (χ1v) is 9.42. The zero-order valence-electron chi connectivity index (χ0n) is 11.1. The Kier molecular flexibility index (Phi) is 6.52. The van der Waals surface area contributed by atoms with Gasteiger partial charge >= 0.3 is 15.2 Å². The molecule has 0 radical (unpaired) electrons. The zero-order chi connectivity index (χ0) is 16.1. The molecule has 0 spiro atoms. The fourth-order valence-corrected chi connectivity index (χ4v) is 3.42. The average molecular weight is 340 g/mol. The highest BCUT2D eigenvalue weighted by Gasteiger charge is 2.27. The summed E-state index contributed by atoms with van der Waals surface area (Å²) < 4.78 is 26.4. The minimum Gasteiger partial charge on any atom is -0.508 e. The summed E-state index contributed by atoms with van der Waals surface area (Å²) in [6.07, 6.45) is -0.906. The first-order chi connectivity index (χ1) is 9.61. The number of hydrogen-bond donors (Lipinski definition) is 5. The van der Waals surface area contributed by atoms with Crippen LogP contribution in [0.15, 0.2) is 24.3 Å². The Morgan fingerprint density at radius 3 is 2.14 bits per heavy atom.